The van der Waals surface area contributed by atoms with E-state index in [9.17, 15) is 19.2 Å². The molecule has 0 heterocycles. The van der Waals surface area contributed by atoms with Crippen LogP contribution in [0.1, 0.15) is 74.8 Å². The largest absolute Gasteiger partial charge is 1.00 e. The second-order valence-corrected chi connectivity index (χ2v) is 9.34. The number of rotatable bonds is 3. The molecule has 4 aromatic carbocycles. The van der Waals surface area contributed by atoms with Gasteiger partial charge in [-0.25, -0.2) is 0 Å². The summed E-state index contributed by atoms with van der Waals surface area (Å²) >= 11 is 3.36. The Kier molecular flexibility index (Phi) is 11.1. The van der Waals surface area contributed by atoms with Crippen molar-refractivity contribution in [1.29, 1.82) is 0 Å². The van der Waals surface area contributed by atoms with Crippen molar-refractivity contribution < 1.29 is 48.7 Å². The molecular weight excluding hydrogens is 611 g/mol. The van der Waals surface area contributed by atoms with Gasteiger partial charge in [-0.05, 0) is 34.9 Å². The smallest absolute Gasteiger partial charge is 0.373 e. The first-order valence-electron chi connectivity index (χ1n) is 12.0. The monoisotopic (exact) mass is 628 g/mol. The van der Waals surface area contributed by atoms with Crippen molar-refractivity contribution in [3.63, 3.8) is 0 Å². The molecule has 6 rings (SSSR count). The molecule has 42 heavy (non-hydrogen) atoms. The average molecular weight is 629 g/mol. The van der Waals surface area contributed by atoms with Gasteiger partial charge in [0, 0.05) is 54.7 Å². The molecule has 0 aliphatic heterocycles. The summed E-state index contributed by atoms with van der Waals surface area (Å²) in [7, 11) is 0. The number of hydrogen-bond acceptors (Lipinski definition) is 5. The number of alkyl halides is 1. The van der Waals surface area contributed by atoms with Crippen LogP contribution in [0.5, 0.6) is 0 Å². The molecule has 12 heteroatoms. The molecule has 0 radical (unpaired) electrons. The quantitative estimate of drug-likeness (QED) is 0.0922. The van der Waals surface area contributed by atoms with E-state index in [1.807, 2.05) is 6.07 Å². The van der Waals surface area contributed by atoms with Crippen LogP contribution in [0.15, 0.2) is 90.0 Å². The Morgan fingerprint density at radius 3 is 1.26 bits per heavy atom. The average Bonchev–Trinajstić information content (AvgIpc) is 3.02. The molecule has 0 aromatic heterocycles. The number of nitrogens with zero attached hydrogens (tertiary/aromatic N) is 6. The molecule has 0 fully saturated rings. The SMILES string of the molecule is O=C1c2ccccc2C(=O)c2cc(CBr)ccc21.[N-]=[N+]=NCc1ccc2c(c1)C(=O)c1ccccc1C2=O.[N-]=[N+]=[N-].[Na+]. The number of carbonyl (C=O) groups excluding carboxylic acids is 4. The zero-order valence-corrected chi connectivity index (χ0v) is 25.8. The van der Waals surface area contributed by atoms with Crippen LogP contribution in [0.3, 0.4) is 0 Å². The summed E-state index contributed by atoms with van der Waals surface area (Å²) in [5.41, 5.74) is 27.2. The third kappa shape index (κ3) is 6.42. The van der Waals surface area contributed by atoms with Gasteiger partial charge in [0.15, 0.2) is 23.1 Å². The van der Waals surface area contributed by atoms with E-state index in [1.165, 1.54) is 4.91 Å². The van der Waals surface area contributed by atoms with E-state index < -0.39 is 0 Å². The molecule has 2 aliphatic carbocycles. The molecular formula is C30H18BrN6NaO4. The number of halogens is 1. The van der Waals surface area contributed by atoms with Crippen molar-refractivity contribution in [2.75, 3.05) is 0 Å². The predicted molar refractivity (Wildman–Crippen MR) is 155 cm³/mol. The Bertz CT molecular complexity index is 1830. The summed E-state index contributed by atoms with van der Waals surface area (Å²) in [5, 5.41) is 4.13. The third-order valence-electron chi connectivity index (χ3n) is 6.45. The van der Waals surface area contributed by atoms with E-state index in [-0.39, 0.29) is 59.2 Å². The van der Waals surface area contributed by atoms with E-state index in [1.54, 1.807) is 78.9 Å². The summed E-state index contributed by atoms with van der Waals surface area (Å²) in [6, 6.07) is 24.1. The van der Waals surface area contributed by atoms with Crippen LogP contribution in [-0.4, -0.2) is 23.1 Å². The summed E-state index contributed by atoms with van der Waals surface area (Å²) in [6.07, 6.45) is 0. The van der Waals surface area contributed by atoms with E-state index >= 15 is 0 Å². The molecule has 4 aromatic rings. The van der Waals surface area contributed by atoms with Crippen molar-refractivity contribution in [1.82, 2.24) is 0 Å². The Morgan fingerprint density at radius 2 is 0.881 bits per heavy atom. The van der Waals surface area contributed by atoms with Gasteiger partial charge in [0.25, 0.3) is 0 Å². The van der Waals surface area contributed by atoms with Gasteiger partial charge in [0.1, 0.15) is 0 Å². The van der Waals surface area contributed by atoms with Crippen LogP contribution >= 0.6 is 15.9 Å². The number of benzene rings is 4. The number of fused-ring (bicyclic) bond motifs is 4. The molecule has 10 nitrogen and oxygen atoms in total. The maximum absolute atomic E-state index is 12.4. The first kappa shape index (κ1) is 32.2. The summed E-state index contributed by atoms with van der Waals surface area (Å²) in [5.74, 6) is -0.451. The van der Waals surface area contributed by atoms with E-state index in [4.69, 9.17) is 16.6 Å². The van der Waals surface area contributed by atoms with Gasteiger partial charge in [0.05, 0.1) is 6.54 Å². The van der Waals surface area contributed by atoms with Gasteiger partial charge in [-0.1, -0.05) is 87.8 Å². The van der Waals surface area contributed by atoms with Crippen LogP contribution < -0.4 is 29.6 Å². The fourth-order valence-electron chi connectivity index (χ4n) is 4.59. The topological polar surface area (TPSA) is 176 Å². The first-order valence-corrected chi connectivity index (χ1v) is 13.2. The van der Waals surface area contributed by atoms with Crippen LogP contribution in [0.4, 0.5) is 0 Å². The second kappa shape index (κ2) is 14.5. The minimum Gasteiger partial charge on any atom is -0.373 e. The Balaban J connectivity index is 0.000000207. The van der Waals surface area contributed by atoms with Crippen LogP contribution in [0, 0.1) is 0 Å². The fourth-order valence-corrected chi connectivity index (χ4v) is 4.94. The predicted octanol–water partition coefficient (Wildman–Crippen LogP) is 4.50. The van der Waals surface area contributed by atoms with Crippen LogP contribution in [0.25, 0.3) is 26.4 Å². The molecule has 0 saturated heterocycles. The molecule has 0 bridgehead atoms. The minimum absolute atomic E-state index is 0. The number of hydrogen-bond donors (Lipinski definition) is 0. The molecule has 0 amide bonds. The number of carbonyl (C=O) groups is 4. The van der Waals surface area contributed by atoms with Crippen molar-refractivity contribution in [2.24, 2.45) is 5.11 Å². The molecule has 200 valence electrons. The van der Waals surface area contributed by atoms with Gasteiger partial charge in [-0.3, -0.25) is 24.1 Å². The summed E-state index contributed by atoms with van der Waals surface area (Å²) in [4.78, 5) is 53.6. The molecule has 0 unspecified atom stereocenters. The Hall–Kier alpha value is -4.34. The Morgan fingerprint density at radius 1 is 0.548 bits per heavy atom. The zero-order chi connectivity index (χ0) is 29.5. The van der Waals surface area contributed by atoms with Gasteiger partial charge in [0.2, 0.25) is 0 Å². The fraction of sp³-hybridized carbons (Fsp3) is 0.0667. The second-order valence-electron chi connectivity index (χ2n) is 8.78. The van der Waals surface area contributed by atoms with Gasteiger partial charge in [-0.2, -0.15) is 0 Å². The van der Waals surface area contributed by atoms with Gasteiger partial charge in [-0.15, -0.1) is 0 Å². The van der Waals surface area contributed by atoms with Gasteiger partial charge >= 0.3 is 29.6 Å². The summed E-state index contributed by atoms with van der Waals surface area (Å²) in [6.45, 7) is 0.160. The molecule has 2 aliphatic rings. The van der Waals surface area contributed by atoms with Gasteiger partial charge < -0.3 is 11.1 Å². The van der Waals surface area contributed by atoms with E-state index in [2.05, 4.69) is 26.0 Å². The summed E-state index contributed by atoms with van der Waals surface area (Å²) < 4.78 is 0. The minimum atomic E-state index is -0.169. The third-order valence-corrected chi connectivity index (χ3v) is 7.10. The zero-order valence-electron chi connectivity index (χ0n) is 22.2. The maximum atomic E-state index is 12.4. The molecule has 0 saturated carbocycles. The van der Waals surface area contributed by atoms with Crippen molar-refractivity contribution >= 4 is 39.1 Å². The molecule has 0 spiro atoms. The first-order chi connectivity index (χ1) is 19.9. The molecule has 0 atom stereocenters. The van der Waals surface area contributed by atoms with E-state index in [0.717, 1.165) is 5.56 Å². The Labute approximate surface area is 270 Å². The van der Waals surface area contributed by atoms with Crippen molar-refractivity contribution in [3.8, 4) is 0 Å². The number of azide groups is 1. The normalized spacial score (nSPS) is 11.7. The molecule has 0 N–H and O–H groups in total. The maximum Gasteiger partial charge on any atom is 1.00 e. The van der Waals surface area contributed by atoms with E-state index in [0.29, 0.717) is 55.4 Å². The number of ketones is 4. The standard InChI is InChI=1S/C15H9BrO2.C15H9N3O2.N3.Na/c16-8-9-5-6-12-13(7-9)15(18)11-4-2-1-3-10(11)14(12)17;16-18-17-8-9-5-6-12-13(7-9)15(20)11-4-2-1-3-10(11)14(12)19;1-3-2;/h1-7H,8H2;1-7H,8H2;;/q;;-1;+1. The van der Waals surface area contributed by atoms with Crippen molar-refractivity contribution in [2.45, 2.75) is 11.9 Å². The van der Waals surface area contributed by atoms with Crippen LogP contribution in [0.2, 0.25) is 0 Å². The van der Waals surface area contributed by atoms with Crippen LogP contribution in [-0.2, 0) is 11.9 Å². The van der Waals surface area contributed by atoms with Crippen molar-refractivity contribution in [3.05, 3.63) is 167 Å².